The number of aliphatic hydroxyl groups excluding tert-OH is 2. The quantitative estimate of drug-likeness (QED) is 0.122. The van der Waals surface area contributed by atoms with Gasteiger partial charge >= 0.3 is 0 Å². The van der Waals surface area contributed by atoms with Crippen LogP contribution in [0.4, 0.5) is 11.4 Å². The van der Waals surface area contributed by atoms with Gasteiger partial charge in [-0.1, -0.05) is 70.8 Å². The fourth-order valence-electron chi connectivity index (χ4n) is 5.29. The highest BCUT2D eigenvalue weighted by molar-refractivity contribution is 7.93. The van der Waals surface area contributed by atoms with Crippen LogP contribution < -0.4 is 18.1 Å². The molecule has 0 fully saturated rings. The molecule has 0 aliphatic carbocycles. The van der Waals surface area contributed by atoms with Crippen molar-refractivity contribution in [3.05, 3.63) is 144 Å². The number of nitrogens with zero attached hydrogens (tertiary/aromatic N) is 2. The Labute approximate surface area is 306 Å². The van der Waals surface area contributed by atoms with E-state index in [1.807, 2.05) is 52.0 Å². The van der Waals surface area contributed by atoms with E-state index in [-0.39, 0.29) is 36.1 Å². The summed E-state index contributed by atoms with van der Waals surface area (Å²) >= 11 is 0. The average Bonchev–Trinajstić information content (AvgIpc) is 3.12. The molecule has 5 rings (SSSR count). The van der Waals surface area contributed by atoms with Crippen molar-refractivity contribution in [3.8, 4) is 11.5 Å². The molecule has 0 amide bonds. The monoisotopic (exact) mass is 744 g/mol. The number of benzene rings is 5. The van der Waals surface area contributed by atoms with E-state index < -0.39 is 32.3 Å². The number of anilines is 2. The van der Waals surface area contributed by atoms with Gasteiger partial charge in [0.05, 0.1) is 34.3 Å². The van der Waals surface area contributed by atoms with E-state index in [4.69, 9.17) is 9.47 Å². The Morgan fingerprint density at radius 2 is 0.731 bits per heavy atom. The van der Waals surface area contributed by atoms with E-state index in [1.54, 1.807) is 97.1 Å². The molecule has 0 radical (unpaired) electrons. The number of rotatable bonds is 16. The number of hydrogen-bond donors (Lipinski definition) is 2. The van der Waals surface area contributed by atoms with E-state index in [0.717, 1.165) is 22.3 Å². The summed E-state index contributed by atoms with van der Waals surface area (Å²) < 4.78 is 68.6. The molecular weight excluding hydrogens is 701 g/mol. The standard InChI is InChI=1S/C40H44N2O8S2/c1-29-5-13-33(14-6-29)41(51(45,46)39-21-9-31(3)10-22-39)25-35(43)27-49-37-17-19-38(20-18-37)50-28-36(44)26-42(34-15-7-30(2)8-16-34)52(47,48)40-23-11-32(4)12-24-40/h5-24,35-36,43-44H,25-28H2,1-4H3/t35-,36-/m0/s1. The fourth-order valence-corrected chi connectivity index (χ4v) is 8.29. The molecule has 0 unspecified atom stereocenters. The second-order valence-corrected chi connectivity index (χ2v) is 16.5. The van der Waals surface area contributed by atoms with Crippen molar-refractivity contribution in [3.63, 3.8) is 0 Å². The lowest BCUT2D eigenvalue weighted by Gasteiger charge is -2.27. The molecule has 5 aromatic rings. The van der Waals surface area contributed by atoms with Gasteiger partial charge in [0.15, 0.2) is 0 Å². The smallest absolute Gasteiger partial charge is 0.264 e. The first-order valence-electron chi connectivity index (χ1n) is 16.8. The molecule has 52 heavy (non-hydrogen) atoms. The van der Waals surface area contributed by atoms with Gasteiger partial charge < -0.3 is 19.7 Å². The lowest BCUT2D eigenvalue weighted by atomic mass is 10.2. The Balaban J connectivity index is 1.20. The highest BCUT2D eigenvalue weighted by Gasteiger charge is 2.29. The van der Waals surface area contributed by atoms with Crippen LogP contribution in [0.3, 0.4) is 0 Å². The van der Waals surface area contributed by atoms with Gasteiger partial charge in [0, 0.05) is 0 Å². The summed E-state index contributed by atoms with van der Waals surface area (Å²) in [6.07, 6.45) is -2.33. The molecule has 274 valence electrons. The first-order valence-corrected chi connectivity index (χ1v) is 19.6. The molecule has 5 aromatic carbocycles. The van der Waals surface area contributed by atoms with Gasteiger partial charge in [0.25, 0.3) is 20.0 Å². The summed E-state index contributed by atoms with van der Waals surface area (Å²) in [6.45, 7) is 6.72. The molecule has 0 saturated carbocycles. The Morgan fingerprint density at radius 1 is 0.462 bits per heavy atom. The zero-order valence-electron chi connectivity index (χ0n) is 29.6. The highest BCUT2D eigenvalue weighted by Crippen LogP contribution is 2.27. The molecule has 2 atom stereocenters. The summed E-state index contributed by atoms with van der Waals surface area (Å²) in [5, 5.41) is 21.9. The van der Waals surface area contributed by atoms with Crippen molar-refractivity contribution in [1.82, 2.24) is 0 Å². The summed E-state index contributed by atoms with van der Waals surface area (Å²) in [4.78, 5) is 0.228. The summed E-state index contributed by atoms with van der Waals surface area (Å²) in [7, 11) is -7.97. The molecule has 2 N–H and O–H groups in total. The van der Waals surface area contributed by atoms with Gasteiger partial charge in [0.1, 0.15) is 36.9 Å². The van der Waals surface area contributed by atoms with Gasteiger partial charge in [-0.25, -0.2) is 16.8 Å². The van der Waals surface area contributed by atoms with Crippen molar-refractivity contribution < 1.29 is 36.5 Å². The summed E-state index contributed by atoms with van der Waals surface area (Å²) in [5.41, 5.74) is 4.63. The molecule has 12 heteroatoms. The Hall–Kier alpha value is -4.88. The van der Waals surface area contributed by atoms with Crippen LogP contribution in [0, 0.1) is 27.7 Å². The van der Waals surface area contributed by atoms with Gasteiger partial charge in [-0.3, -0.25) is 8.61 Å². The number of hydrogen-bond acceptors (Lipinski definition) is 8. The third-order valence-corrected chi connectivity index (χ3v) is 11.9. The number of aliphatic hydroxyl groups is 2. The number of aryl methyl sites for hydroxylation is 4. The Bertz CT molecular complexity index is 1970. The predicted octanol–water partition coefficient (Wildman–Crippen LogP) is 6.19. The minimum absolute atomic E-state index is 0.114. The molecule has 0 saturated heterocycles. The Morgan fingerprint density at radius 3 is 1.02 bits per heavy atom. The average molecular weight is 745 g/mol. The largest absolute Gasteiger partial charge is 0.491 e. The van der Waals surface area contributed by atoms with Crippen molar-refractivity contribution in [2.75, 3.05) is 34.9 Å². The maximum atomic E-state index is 13.7. The molecule has 0 bridgehead atoms. The first-order chi connectivity index (χ1) is 24.7. The Kier molecular flexibility index (Phi) is 12.3. The van der Waals surface area contributed by atoms with E-state index in [2.05, 4.69) is 0 Å². The normalized spacial score (nSPS) is 12.9. The lowest BCUT2D eigenvalue weighted by molar-refractivity contribution is 0.113. The summed E-state index contributed by atoms with van der Waals surface area (Å²) in [6, 6.07) is 33.6. The highest BCUT2D eigenvalue weighted by atomic mass is 32.2. The second kappa shape index (κ2) is 16.6. The molecule has 0 heterocycles. The van der Waals surface area contributed by atoms with E-state index in [0.29, 0.717) is 22.9 Å². The molecule has 0 spiro atoms. The molecule has 0 aromatic heterocycles. The minimum Gasteiger partial charge on any atom is -0.491 e. The lowest BCUT2D eigenvalue weighted by Crippen LogP contribution is -2.40. The topological polar surface area (TPSA) is 134 Å². The van der Waals surface area contributed by atoms with Crippen molar-refractivity contribution in [1.29, 1.82) is 0 Å². The third kappa shape index (κ3) is 9.71. The summed E-state index contributed by atoms with van der Waals surface area (Å²) in [5.74, 6) is 0.815. The van der Waals surface area contributed by atoms with E-state index in [9.17, 15) is 27.0 Å². The molecule has 0 aliphatic heterocycles. The number of sulfonamides is 2. The SMILES string of the molecule is Cc1ccc(N(C[C@H](O)COc2ccc(OC[C@@H](O)CN(c3ccc(C)cc3)S(=O)(=O)c3ccc(C)cc3)cc2)S(=O)(=O)c2ccc(C)cc2)cc1. The maximum absolute atomic E-state index is 13.7. The van der Waals surface area contributed by atoms with Crippen molar-refractivity contribution in [2.24, 2.45) is 0 Å². The van der Waals surface area contributed by atoms with Crippen LogP contribution in [0.5, 0.6) is 11.5 Å². The fraction of sp³-hybridized carbons (Fsp3) is 0.250. The van der Waals surface area contributed by atoms with Crippen LogP contribution in [0.2, 0.25) is 0 Å². The first kappa shape index (κ1) is 38.4. The van der Waals surface area contributed by atoms with E-state index in [1.165, 1.54) is 8.61 Å². The van der Waals surface area contributed by atoms with Gasteiger partial charge in [-0.2, -0.15) is 0 Å². The van der Waals surface area contributed by atoms with Crippen LogP contribution in [0.15, 0.2) is 131 Å². The van der Waals surface area contributed by atoms with E-state index >= 15 is 0 Å². The zero-order chi connectivity index (χ0) is 37.5. The van der Waals surface area contributed by atoms with Gasteiger partial charge in [-0.05, 0) is 100 Å². The third-order valence-electron chi connectivity index (χ3n) is 8.32. The van der Waals surface area contributed by atoms with Crippen LogP contribution in [0.1, 0.15) is 22.3 Å². The molecular formula is C40H44N2O8S2. The van der Waals surface area contributed by atoms with Crippen LogP contribution >= 0.6 is 0 Å². The van der Waals surface area contributed by atoms with Crippen LogP contribution in [-0.2, 0) is 20.0 Å². The van der Waals surface area contributed by atoms with Crippen LogP contribution in [-0.4, -0.2) is 65.6 Å². The van der Waals surface area contributed by atoms with Gasteiger partial charge in [0.2, 0.25) is 0 Å². The van der Waals surface area contributed by atoms with Crippen molar-refractivity contribution in [2.45, 2.75) is 49.7 Å². The minimum atomic E-state index is -3.99. The zero-order valence-corrected chi connectivity index (χ0v) is 31.2. The number of ether oxygens (including phenoxy) is 2. The predicted molar refractivity (Wildman–Crippen MR) is 203 cm³/mol. The van der Waals surface area contributed by atoms with Crippen molar-refractivity contribution >= 4 is 31.4 Å². The van der Waals surface area contributed by atoms with Crippen LogP contribution in [0.25, 0.3) is 0 Å². The molecule has 0 aliphatic rings. The maximum Gasteiger partial charge on any atom is 0.264 e. The second-order valence-electron chi connectivity index (χ2n) is 12.8. The molecule has 10 nitrogen and oxygen atoms in total. The van der Waals surface area contributed by atoms with Gasteiger partial charge in [-0.15, -0.1) is 0 Å².